The highest BCUT2D eigenvalue weighted by atomic mass is 35.5. The Bertz CT molecular complexity index is 1260. The lowest BCUT2D eigenvalue weighted by Crippen LogP contribution is -2.84. The van der Waals surface area contributed by atoms with Crippen molar-refractivity contribution in [1.29, 1.82) is 0 Å². The lowest BCUT2D eigenvalue weighted by atomic mass is 9.44. The number of anilines is 1. The minimum Gasteiger partial charge on any atom is -0.484 e. The molecule has 4 aliphatic carbocycles. The number of benzene rings is 2. The van der Waals surface area contributed by atoms with E-state index in [4.69, 9.17) is 21.1 Å². The summed E-state index contributed by atoms with van der Waals surface area (Å²) in [7, 11) is 0. The largest absolute Gasteiger partial charge is 0.484 e. The van der Waals surface area contributed by atoms with E-state index < -0.39 is 17.5 Å². The number of aliphatic hydroxyl groups is 1. The molecule has 1 heterocycles. The lowest BCUT2D eigenvalue weighted by Gasteiger charge is -2.70. The Hall–Kier alpha value is -3.04. The van der Waals surface area contributed by atoms with Gasteiger partial charge in [-0.05, 0) is 68.9 Å². The Morgan fingerprint density at radius 1 is 1.16 bits per heavy atom. The quantitative estimate of drug-likeness (QED) is 0.486. The van der Waals surface area contributed by atoms with Gasteiger partial charge in [-0.2, -0.15) is 0 Å². The number of aryl methyl sites for hydroxylation is 1. The third kappa shape index (κ3) is 4.70. The van der Waals surface area contributed by atoms with Gasteiger partial charge in [-0.25, -0.2) is 4.39 Å². The van der Waals surface area contributed by atoms with Gasteiger partial charge in [0.05, 0.1) is 22.9 Å². The highest BCUT2D eigenvalue weighted by molar-refractivity contribution is 6.30. The van der Waals surface area contributed by atoms with Gasteiger partial charge in [0.2, 0.25) is 0 Å². The first-order valence-electron chi connectivity index (χ1n) is 12.5. The van der Waals surface area contributed by atoms with Crippen molar-refractivity contribution in [2.24, 2.45) is 0 Å². The number of β-amino-alcohol motifs (C(OH)–C–C–N with tert-alkyl or cyclic N) is 1. The summed E-state index contributed by atoms with van der Waals surface area (Å²) in [5.74, 6) is -0.227. The smallest absolute Gasteiger partial charge is 0.263 e. The number of fused-ring (bicyclic) bond motifs is 1. The average Bonchev–Trinajstić information content (AvgIpc) is 3.54. The molecule has 37 heavy (non-hydrogen) atoms. The van der Waals surface area contributed by atoms with Crippen LogP contribution >= 0.6 is 11.6 Å². The number of nitrogens with zero attached hydrogens (tertiary/aromatic N) is 1. The highest BCUT2D eigenvalue weighted by Gasteiger charge is 2.69. The van der Waals surface area contributed by atoms with Crippen LogP contribution in [0.3, 0.4) is 0 Å². The third-order valence-electron chi connectivity index (χ3n) is 7.80. The number of rotatable bonds is 8. The van der Waals surface area contributed by atoms with E-state index in [-0.39, 0.29) is 40.3 Å². The molecule has 0 radical (unpaired) electrons. The molecule has 2 aromatic rings. The van der Waals surface area contributed by atoms with Crippen molar-refractivity contribution in [3.8, 4) is 11.5 Å². The van der Waals surface area contributed by atoms with Crippen LogP contribution in [-0.2, 0) is 9.59 Å². The Labute approximate surface area is 219 Å². The number of hydrogen-bond acceptors (Lipinski definition) is 6. The topological polar surface area (TPSA) is 100 Å². The molecule has 3 N–H and O–H groups in total. The van der Waals surface area contributed by atoms with Crippen LogP contribution in [-0.4, -0.2) is 59.4 Å². The number of ether oxygens (including phenoxy) is 2. The van der Waals surface area contributed by atoms with Gasteiger partial charge in [-0.15, -0.1) is 0 Å². The molecule has 0 unspecified atom stereocenters. The molecule has 5 aliphatic rings. The number of halogens is 2. The van der Waals surface area contributed by atoms with Crippen LogP contribution in [0, 0.1) is 12.7 Å². The van der Waals surface area contributed by atoms with Crippen LogP contribution in [0.15, 0.2) is 36.4 Å². The Morgan fingerprint density at radius 3 is 2.59 bits per heavy atom. The fourth-order valence-corrected chi connectivity index (χ4v) is 5.97. The number of carbonyl (C=O) groups is 2. The zero-order valence-corrected chi connectivity index (χ0v) is 21.2. The maximum absolute atomic E-state index is 13.5. The molecule has 7 rings (SSSR count). The summed E-state index contributed by atoms with van der Waals surface area (Å²) in [6, 6.07) is 9.86. The number of amides is 2. The van der Waals surface area contributed by atoms with Crippen LogP contribution in [0.2, 0.25) is 5.02 Å². The molecular formula is C27H29ClFN3O5. The summed E-state index contributed by atoms with van der Waals surface area (Å²) in [5, 5.41) is 16.6. The van der Waals surface area contributed by atoms with Crippen LogP contribution in [0.5, 0.6) is 11.5 Å². The second-order valence-electron chi connectivity index (χ2n) is 11.2. The fraction of sp³-hybridized carbons (Fsp3) is 0.481. The predicted octanol–water partition coefficient (Wildman–Crippen LogP) is 2.87. The van der Waals surface area contributed by atoms with Crippen molar-refractivity contribution in [1.82, 2.24) is 10.6 Å². The van der Waals surface area contributed by atoms with Crippen molar-refractivity contribution in [3.63, 3.8) is 0 Å². The van der Waals surface area contributed by atoms with Crippen molar-refractivity contribution in [2.75, 3.05) is 24.6 Å². The van der Waals surface area contributed by atoms with Crippen molar-refractivity contribution in [2.45, 2.75) is 61.8 Å². The summed E-state index contributed by atoms with van der Waals surface area (Å²) in [6.07, 6.45) is 2.75. The van der Waals surface area contributed by atoms with Crippen LogP contribution in [0.1, 0.15) is 37.7 Å². The molecule has 2 bridgehead atoms. The van der Waals surface area contributed by atoms with Gasteiger partial charge in [0.1, 0.15) is 17.3 Å². The Morgan fingerprint density at radius 2 is 1.89 bits per heavy atom. The zero-order valence-electron chi connectivity index (χ0n) is 20.5. The van der Waals surface area contributed by atoms with Crippen molar-refractivity contribution < 1.29 is 28.6 Å². The summed E-state index contributed by atoms with van der Waals surface area (Å²) < 4.78 is 25.0. The van der Waals surface area contributed by atoms with Gasteiger partial charge in [-0.1, -0.05) is 17.7 Å². The molecule has 2 amide bonds. The summed E-state index contributed by atoms with van der Waals surface area (Å²) in [5.41, 5.74) is 0.604. The molecule has 1 atom stereocenters. The molecule has 4 saturated carbocycles. The zero-order chi connectivity index (χ0) is 26.0. The maximum Gasteiger partial charge on any atom is 0.263 e. The Kier molecular flexibility index (Phi) is 5.58. The molecule has 2 aromatic carbocycles. The number of hydrogen-bond donors (Lipinski definition) is 3. The van der Waals surface area contributed by atoms with Crippen LogP contribution in [0.25, 0.3) is 0 Å². The lowest BCUT2D eigenvalue weighted by molar-refractivity contribution is -0.153. The van der Waals surface area contributed by atoms with E-state index in [0.717, 1.165) is 30.2 Å². The summed E-state index contributed by atoms with van der Waals surface area (Å²) >= 11 is 5.66. The van der Waals surface area contributed by atoms with Crippen LogP contribution < -0.4 is 25.0 Å². The summed E-state index contributed by atoms with van der Waals surface area (Å²) in [4.78, 5) is 27.6. The molecule has 4 fully saturated rings. The fourth-order valence-electron chi connectivity index (χ4n) is 5.85. The minimum absolute atomic E-state index is 0.0103. The van der Waals surface area contributed by atoms with Gasteiger partial charge in [0.15, 0.2) is 12.7 Å². The van der Waals surface area contributed by atoms with Crippen molar-refractivity contribution in [3.05, 3.63) is 52.8 Å². The molecule has 1 aliphatic heterocycles. The van der Waals surface area contributed by atoms with Crippen molar-refractivity contribution >= 4 is 29.1 Å². The second kappa shape index (κ2) is 8.49. The molecular weight excluding hydrogens is 501 g/mol. The normalized spacial score (nSPS) is 28.1. The molecule has 196 valence electrons. The first-order valence-corrected chi connectivity index (χ1v) is 12.9. The molecule has 10 heteroatoms. The average molecular weight is 530 g/mol. The van der Waals surface area contributed by atoms with E-state index in [9.17, 15) is 19.1 Å². The van der Waals surface area contributed by atoms with Gasteiger partial charge in [0, 0.05) is 23.7 Å². The molecule has 0 spiro atoms. The highest BCUT2D eigenvalue weighted by Crippen LogP contribution is 2.60. The minimum atomic E-state index is -0.691. The Balaban J connectivity index is 1.02. The van der Waals surface area contributed by atoms with E-state index in [2.05, 4.69) is 15.5 Å². The van der Waals surface area contributed by atoms with Gasteiger partial charge < -0.3 is 30.1 Å². The number of nitrogens with one attached hydrogen (secondary N) is 2. The van der Waals surface area contributed by atoms with Gasteiger partial charge in [0.25, 0.3) is 11.8 Å². The number of carbonyl (C=O) groups excluding carboxylic acids is 2. The first kappa shape index (κ1) is 24.3. The van der Waals surface area contributed by atoms with E-state index >= 15 is 0 Å². The molecule has 0 saturated heterocycles. The predicted molar refractivity (Wildman–Crippen MR) is 134 cm³/mol. The van der Waals surface area contributed by atoms with E-state index in [1.165, 1.54) is 12.1 Å². The van der Waals surface area contributed by atoms with Gasteiger partial charge >= 0.3 is 0 Å². The second-order valence-corrected chi connectivity index (χ2v) is 11.6. The third-order valence-corrected chi connectivity index (χ3v) is 8.11. The molecule has 8 nitrogen and oxygen atoms in total. The van der Waals surface area contributed by atoms with E-state index in [1.807, 2.05) is 25.1 Å². The monoisotopic (exact) mass is 529 g/mol. The first-order chi connectivity index (χ1) is 17.5. The van der Waals surface area contributed by atoms with E-state index in [1.54, 1.807) is 0 Å². The standard InChI is InChI=1S/C27H29ClFN3O5/c1-16-2-5-21-20(8-16)32(15-27(35)6-7-27)10-22(37-21)24(34)31-26-12-25(13-26,14-26)30-23(33)11-36-17-3-4-18(28)19(29)9-17/h2-5,8-9,22,35H,6-7,10-15H2,1H3,(H,30,33)(H,31,34)/t22-,25?,26?/m1/s1. The van der Waals surface area contributed by atoms with Crippen LogP contribution in [0.4, 0.5) is 10.1 Å². The molecule has 0 aromatic heterocycles. The summed E-state index contributed by atoms with van der Waals surface area (Å²) in [6.45, 7) is 2.61. The van der Waals surface area contributed by atoms with Gasteiger partial charge in [-0.3, -0.25) is 9.59 Å². The van der Waals surface area contributed by atoms with E-state index in [0.29, 0.717) is 38.1 Å². The maximum atomic E-state index is 13.5. The SMILES string of the molecule is Cc1ccc2c(c1)N(CC1(O)CC1)C[C@H](C(=O)NC13CC(NC(=O)COc4ccc(Cl)c(F)c4)(C1)C3)O2.